The fraction of sp³-hybridized carbons (Fsp3) is 0.130. The topological polar surface area (TPSA) is 29.3 Å². The predicted molar refractivity (Wildman–Crippen MR) is 110 cm³/mol. The lowest BCUT2D eigenvalue weighted by Crippen LogP contribution is -2.07. The van der Waals surface area contributed by atoms with Crippen molar-refractivity contribution in [2.45, 2.75) is 10.9 Å². The van der Waals surface area contributed by atoms with Gasteiger partial charge in [0.1, 0.15) is 21.6 Å². The molecule has 1 saturated heterocycles. The van der Waals surface area contributed by atoms with Crippen molar-refractivity contribution in [1.29, 1.82) is 0 Å². The molecular weight excluding hydrogens is 354 g/mol. The Morgan fingerprint density at radius 3 is 2.30 bits per heavy atom. The summed E-state index contributed by atoms with van der Waals surface area (Å²) in [6, 6.07) is 26.8. The number of methoxy groups -OCH3 is 1. The van der Waals surface area contributed by atoms with Crippen LogP contribution in [0.1, 0.15) is 11.6 Å². The lowest BCUT2D eigenvalue weighted by atomic mass is 10.0. The summed E-state index contributed by atoms with van der Waals surface area (Å²) in [5, 5.41) is 4.51. The largest absolute Gasteiger partial charge is 0.495 e. The van der Waals surface area contributed by atoms with Crippen LogP contribution in [0.2, 0.25) is 0 Å². The molecule has 1 aliphatic heterocycles. The molecule has 0 N–H and O–H groups in total. The van der Waals surface area contributed by atoms with Crippen LogP contribution in [-0.4, -0.2) is 22.2 Å². The molecule has 2 unspecified atom stereocenters. The average Bonchev–Trinajstić information content (AvgIpc) is 3.52. The van der Waals surface area contributed by atoms with Gasteiger partial charge in [0, 0.05) is 11.9 Å². The predicted octanol–water partition coefficient (Wildman–Crippen LogP) is 5.08. The molecule has 1 heterocycles. The second-order valence-corrected chi connectivity index (χ2v) is 8.13. The first-order valence-corrected chi connectivity index (χ1v) is 10.1. The van der Waals surface area contributed by atoms with Gasteiger partial charge < -0.3 is 4.74 Å². The molecule has 1 fully saturated rings. The normalized spacial score (nSPS) is 19.9. The maximum absolute atomic E-state index is 13.5. The SMILES string of the molecule is COc1ccc2ccccc2c1[S@](=O)N1CC1c1cccc2ccccc12. The average molecular weight is 373 g/mol. The van der Waals surface area contributed by atoms with Crippen LogP contribution in [0.5, 0.6) is 5.75 Å². The van der Waals surface area contributed by atoms with Gasteiger partial charge in [-0.05, 0) is 27.8 Å². The summed E-state index contributed by atoms with van der Waals surface area (Å²) < 4.78 is 21.1. The van der Waals surface area contributed by atoms with E-state index in [9.17, 15) is 4.21 Å². The summed E-state index contributed by atoms with van der Waals surface area (Å²) in [4.78, 5) is 0.762. The molecule has 1 aliphatic rings. The Morgan fingerprint density at radius 1 is 0.852 bits per heavy atom. The zero-order chi connectivity index (χ0) is 18.4. The van der Waals surface area contributed by atoms with Crippen LogP contribution in [0.3, 0.4) is 0 Å². The number of hydrogen-bond donors (Lipinski definition) is 0. The molecule has 0 aliphatic carbocycles. The van der Waals surface area contributed by atoms with Crippen LogP contribution in [0.25, 0.3) is 21.5 Å². The number of fused-ring (bicyclic) bond motifs is 2. The molecule has 3 nitrogen and oxygen atoms in total. The van der Waals surface area contributed by atoms with Crippen LogP contribution >= 0.6 is 0 Å². The van der Waals surface area contributed by atoms with Gasteiger partial charge in [-0.2, -0.15) is 0 Å². The molecule has 4 aromatic carbocycles. The standard InChI is InChI=1S/C23H19NO2S/c1-26-22-14-13-17-8-3-5-11-19(17)23(22)27(25)24-15-21(24)20-12-6-9-16-7-2-4-10-18(16)20/h2-14,21H,15H2,1H3/t21?,24?,27-/m0/s1. The van der Waals surface area contributed by atoms with Crippen LogP contribution in [0.15, 0.2) is 83.8 Å². The summed E-state index contributed by atoms with van der Waals surface area (Å²) in [7, 11) is 0.359. The van der Waals surface area contributed by atoms with E-state index in [0.717, 1.165) is 22.2 Å². The van der Waals surface area contributed by atoms with Crippen molar-refractivity contribution in [3.05, 3.63) is 84.4 Å². The van der Waals surface area contributed by atoms with Crippen molar-refractivity contribution in [2.75, 3.05) is 13.7 Å². The smallest absolute Gasteiger partial charge is 0.137 e. The molecule has 5 rings (SSSR count). The maximum atomic E-state index is 13.5. The van der Waals surface area contributed by atoms with Crippen LogP contribution in [0.4, 0.5) is 0 Å². The fourth-order valence-electron chi connectivity index (χ4n) is 3.78. The first-order valence-electron chi connectivity index (χ1n) is 9.00. The molecule has 0 spiro atoms. The van der Waals surface area contributed by atoms with E-state index >= 15 is 0 Å². The maximum Gasteiger partial charge on any atom is 0.137 e. The van der Waals surface area contributed by atoms with E-state index in [0.29, 0.717) is 5.75 Å². The third-order valence-corrected chi connectivity index (χ3v) is 6.80. The Bertz CT molecular complexity index is 1180. The van der Waals surface area contributed by atoms with E-state index in [1.54, 1.807) is 7.11 Å². The van der Waals surface area contributed by atoms with Gasteiger partial charge in [-0.25, -0.2) is 8.51 Å². The second kappa shape index (κ2) is 6.48. The van der Waals surface area contributed by atoms with Crippen molar-refractivity contribution >= 4 is 32.5 Å². The highest BCUT2D eigenvalue weighted by atomic mass is 32.2. The van der Waals surface area contributed by atoms with E-state index in [-0.39, 0.29) is 6.04 Å². The summed E-state index contributed by atoms with van der Waals surface area (Å²) in [5.41, 5.74) is 1.24. The quantitative estimate of drug-likeness (QED) is 0.467. The molecule has 3 atom stereocenters. The number of benzene rings is 4. The van der Waals surface area contributed by atoms with Gasteiger partial charge in [-0.1, -0.05) is 72.8 Å². The van der Waals surface area contributed by atoms with E-state index in [2.05, 4.69) is 42.5 Å². The molecule has 0 aromatic heterocycles. The Kier molecular flexibility index (Phi) is 3.96. The molecule has 0 saturated carbocycles. The van der Waals surface area contributed by atoms with Crippen molar-refractivity contribution in [1.82, 2.24) is 4.31 Å². The third-order valence-electron chi connectivity index (χ3n) is 5.20. The Labute approximate surface area is 160 Å². The molecule has 4 heteroatoms. The van der Waals surface area contributed by atoms with Crippen molar-refractivity contribution < 1.29 is 8.95 Å². The number of nitrogens with zero attached hydrogens (tertiary/aromatic N) is 1. The Balaban J connectivity index is 1.56. The first-order chi connectivity index (χ1) is 13.3. The van der Waals surface area contributed by atoms with E-state index in [1.165, 1.54) is 16.3 Å². The van der Waals surface area contributed by atoms with Gasteiger partial charge in [0.2, 0.25) is 0 Å². The van der Waals surface area contributed by atoms with Crippen LogP contribution < -0.4 is 4.74 Å². The van der Waals surface area contributed by atoms with Crippen molar-refractivity contribution in [3.63, 3.8) is 0 Å². The highest BCUT2D eigenvalue weighted by Gasteiger charge is 2.42. The number of rotatable bonds is 4. The molecular formula is C23H19NO2S. The molecule has 0 bridgehead atoms. The minimum atomic E-state index is -1.28. The first kappa shape index (κ1) is 16.5. The van der Waals surface area contributed by atoms with Gasteiger partial charge in [-0.3, -0.25) is 0 Å². The van der Waals surface area contributed by atoms with Gasteiger partial charge in [0.15, 0.2) is 0 Å². The van der Waals surface area contributed by atoms with Gasteiger partial charge in [-0.15, -0.1) is 0 Å². The number of ether oxygens (including phenoxy) is 1. The van der Waals surface area contributed by atoms with E-state index < -0.39 is 11.0 Å². The van der Waals surface area contributed by atoms with Gasteiger partial charge in [0.25, 0.3) is 0 Å². The van der Waals surface area contributed by atoms with E-state index in [4.69, 9.17) is 4.74 Å². The zero-order valence-corrected chi connectivity index (χ0v) is 15.8. The highest BCUT2D eigenvalue weighted by molar-refractivity contribution is 7.83. The Hall–Kier alpha value is -2.69. The second-order valence-electron chi connectivity index (χ2n) is 6.75. The highest BCUT2D eigenvalue weighted by Crippen LogP contribution is 2.44. The minimum Gasteiger partial charge on any atom is -0.495 e. The van der Waals surface area contributed by atoms with Crippen molar-refractivity contribution in [3.8, 4) is 5.75 Å². The molecule has 4 aromatic rings. The van der Waals surface area contributed by atoms with Crippen LogP contribution in [-0.2, 0) is 11.0 Å². The molecule has 27 heavy (non-hydrogen) atoms. The molecule has 134 valence electrons. The zero-order valence-electron chi connectivity index (χ0n) is 15.0. The summed E-state index contributed by atoms with van der Waals surface area (Å²) in [6.07, 6.45) is 0. The van der Waals surface area contributed by atoms with Crippen molar-refractivity contribution in [2.24, 2.45) is 0 Å². The van der Waals surface area contributed by atoms with Crippen LogP contribution in [0, 0.1) is 0 Å². The monoisotopic (exact) mass is 373 g/mol. The summed E-state index contributed by atoms with van der Waals surface area (Å²) >= 11 is 0. The summed E-state index contributed by atoms with van der Waals surface area (Å²) in [6.45, 7) is 0.785. The minimum absolute atomic E-state index is 0.167. The molecule has 0 radical (unpaired) electrons. The third kappa shape index (κ3) is 2.73. The Morgan fingerprint density at radius 2 is 1.52 bits per heavy atom. The fourth-order valence-corrected chi connectivity index (χ4v) is 5.34. The number of hydrogen-bond acceptors (Lipinski definition) is 2. The summed E-state index contributed by atoms with van der Waals surface area (Å²) in [5.74, 6) is 0.676. The van der Waals surface area contributed by atoms with E-state index in [1.807, 2.05) is 40.7 Å². The lowest BCUT2D eigenvalue weighted by Gasteiger charge is -2.13. The van der Waals surface area contributed by atoms with Gasteiger partial charge in [0.05, 0.1) is 13.2 Å². The molecule has 0 amide bonds. The van der Waals surface area contributed by atoms with Gasteiger partial charge >= 0.3 is 0 Å². The lowest BCUT2D eigenvalue weighted by molar-refractivity contribution is 0.404.